The van der Waals surface area contributed by atoms with E-state index in [1.807, 2.05) is 25.1 Å². The summed E-state index contributed by atoms with van der Waals surface area (Å²) in [5.74, 6) is -0.470. The van der Waals surface area contributed by atoms with Crippen LogP contribution < -0.4 is 10.5 Å². The number of primary amides is 1. The molecule has 0 bridgehead atoms. The summed E-state index contributed by atoms with van der Waals surface area (Å²) in [6.45, 7) is 3.30. The average Bonchev–Trinajstić information content (AvgIpc) is 3.20. The van der Waals surface area contributed by atoms with Crippen molar-refractivity contribution >= 4 is 27.7 Å². The summed E-state index contributed by atoms with van der Waals surface area (Å²) in [6, 6.07) is 12.9. The molecule has 1 aliphatic heterocycles. The van der Waals surface area contributed by atoms with Crippen molar-refractivity contribution in [2.45, 2.75) is 38.8 Å². The topological polar surface area (TPSA) is 84.2 Å². The lowest BCUT2D eigenvalue weighted by Gasteiger charge is -2.33. The second kappa shape index (κ2) is 8.48. The monoisotopic (exact) mass is 446 g/mol. The van der Waals surface area contributed by atoms with Gasteiger partial charge >= 0.3 is 0 Å². The summed E-state index contributed by atoms with van der Waals surface area (Å²) in [6.07, 6.45) is 1.93. The van der Waals surface area contributed by atoms with Crippen LogP contribution in [0.3, 0.4) is 0 Å². The number of aromatic amines is 1. The Balaban J connectivity index is 1.65. The number of para-hydroxylation sites is 1. The first kappa shape index (κ1) is 21.4. The van der Waals surface area contributed by atoms with E-state index >= 15 is 0 Å². The highest BCUT2D eigenvalue weighted by Crippen LogP contribution is 2.35. The lowest BCUT2D eigenvalue weighted by Crippen LogP contribution is -2.46. The van der Waals surface area contributed by atoms with Crippen molar-refractivity contribution in [2.75, 3.05) is 13.7 Å². The van der Waals surface area contributed by atoms with Crippen LogP contribution in [-0.2, 0) is 24.2 Å². The fourth-order valence-electron chi connectivity index (χ4n) is 5.08. The van der Waals surface area contributed by atoms with Crippen LogP contribution in [0.4, 0.5) is 4.39 Å². The van der Waals surface area contributed by atoms with Crippen LogP contribution >= 0.6 is 0 Å². The van der Waals surface area contributed by atoms with Crippen LogP contribution in [-0.4, -0.2) is 40.5 Å². The molecule has 33 heavy (non-hydrogen) atoms. The third-order valence-electron chi connectivity index (χ3n) is 6.66. The number of nitrogens with one attached hydrogen (secondary N) is 1. The van der Waals surface area contributed by atoms with E-state index in [0.717, 1.165) is 46.3 Å². The number of pyridine rings is 1. The molecular formula is C26H27FN4O2. The van der Waals surface area contributed by atoms with Crippen LogP contribution in [0.5, 0.6) is 5.75 Å². The van der Waals surface area contributed by atoms with Gasteiger partial charge in [0.05, 0.1) is 30.1 Å². The zero-order valence-electron chi connectivity index (χ0n) is 18.8. The number of nitrogens with zero attached hydrogens (tertiary/aromatic N) is 2. The molecule has 5 rings (SSSR count). The summed E-state index contributed by atoms with van der Waals surface area (Å²) < 4.78 is 19.4. The number of fused-ring (bicyclic) bond motifs is 5. The molecule has 0 fully saturated rings. The molecule has 0 aliphatic carbocycles. The van der Waals surface area contributed by atoms with Gasteiger partial charge in [-0.1, -0.05) is 31.2 Å². The Morgan fingerprint density at radius 3 is 2.85 bits per heavy atom. The molecule has 1 aliphatic rings. The maximum absolute atomic E-state index is 14.4. The number of nitrogens with two attached hydrogens (primary N) is 1. The number of carbonyl (C=O) groups excluding carboxylic acids is 1. The Morgan fingerprint density at radius 2 is 2.12 bits per heavy atom. The predicted octanol–water partition coefficient (Wildman–Crippen LogP) is 4.08. The van der Waals surface area contributed by atoms with E-state index in [0.29, 0.717) is 19.4 Å². The molecule has 1 amide bonds. The van der Waals surface area contributed by atoms with Gasteiger partial charge in [0.25, 0.3) is 0 Å². The van der Waals surface area contributed by atoms with Crippen LogP contribution in [0.15, 0.2) is 42.5 Å². The van der Waals surface area contributed by atoms with E-state index in [9.17, 15) is 9.18 Å². The van der Waals surface area contributed by atoms with Crippen molar-refractivity contribution < 1.29 is 13.9 Å². The van der Waals surface area contributed by atoms with Gasteiger partial charge in [0.2, 0.25) is 5.91 Å². The van der Waals surface area contributed by atoms with E-state index in [1.165, 1.54) is 24.1 Å². The summed E-state index contributed by atoms with van der Waals surface area (Å²) in [5, 5.41) is 2.33. The lowest BCUT2D eigenvalue weighted by molar-refractivity contribution is -0.123. The minimum absolute atomic E-state index is 0.223. The highest BCUT2D eigenvalue weighted by Gasteiger charge is 2.29. The molecule has 2 aromatic heterocycles. The number of H-pyrrole nitrogens is 1. The number of amides is 1. The van der Waals surface area contributed by atoms with Crippen LogP contribution in [0.1, 0.15) is 35.9 Å². The molecule has 1 unspecified atom stereocenters. The minimum Gasteiger partial charge on any atom is -0.494 e. The van der Waals surface area contributed by atoms with Crippen LogP contribution in [0.25, 0.3) is 21.8 Å². The predicted molar refractivity (Wildman–Crippen MR) is 127 cm³/mol. The molecule has 0 radical (unpaired) electrons. The minimum atomic E-state index is -0.390. The molecule has 3 N–H and O–H groups in total. The number of hydrogen-bond donors (Lipinski definition) is 2. The summed E-state index contributed by atoms with van der Waals surface area (Å²) in [7, 11) is 1.46. The van der Waals surface area contributed by atoms with Crippen molar-refractivity contribution in [2.24, 2.45) is 5.73 Å². The van der Waals surface area contributed by atoms with Gasteiger partial charge in [-0.25, -0.2) is 4.39 Å². The number of hydrogen-bond acceptors (Lipinski definition) is 4. The fourth-order valence-corrected chi connectivity index (χ4v) is 5.08. The molecule has 0 spiro atoms. The van der Waals surface area contributed by atoms with Gasteiger partial charge < -0.3 is 15.5 Å². The molecule has 7 heteroatoms. The highest BCUT2D eigenvalue weighted by molar-refractivity contribution is 6.10. The average molecular weight is 447 g/mol. The van der Waals surface area contributed by atoms with Gasteiger partial charge in [-0.3, -0.25) is 14.7 Å². The van der Waals surface area contributed by atoms with E-state index in [-0.39, 0.29) is 23.5 Å². The van der Waals surface area contributed by atoms with E-state index in [1.54, 1.807) is 6.07 Å². The molecule has 0 saturated heterocycles. The SMILES string of the molecule is CCC(C(N)=O)N1CCc2c(nc(Cc3ccc(OC)c(F)c3)c3[nH]c4ccccc4c23)C1. The summed E-state index contributed by atoms with van der Waals surface area (Å²) in [4.78, 5) is 22.7. The van der Waals surface area contributed by atoms with Crippen molar-refractivity contribution in [3.63, 3.8) is 0 Å². The largest absolute Gasteiger partial charge is 0.494 e. The van der Waals surface area contributed by atoms with Gasteiger partial charge in [-0.05, 0) is 42.2 Å². The Labute approximate surface area is 191 Å². The Bertz CT molecular complexity index is 1360. The molecule has 1 atom stereocenters. The normalized spacial score (nSPS) is 15.0. The highest BCUT2D eigenvalue weighted by atomic mass is 19.1. The summed E-state index contributed by atoms with van der Waals surface area (Å²) in [5.41, 5.74) is 11.6. The number of ether oxygens (including phenoxy) is 1. The molecule has 2 aromatic carbocycles. The Kier molecular flexibility index (Phi) is 5.50. The molecule has 0 saturated carbocycles. The summed E-state index contributed by atoms with van der Waals surface area (Å²) >= 11 is 0. The second-order valence-corrected chi connectivity index (χ2v) is 8.60. The molecule has 4 aromatic rings. The van der Waals surface area contributed by atoms with Gasteiger partial charge in [0.1, 0.15) is 0 Å². The van der Waals surface area contributed by atoms with Gasteiger partial charge in [-0.2, -0.15) is 0 Å². The molecular weight excluding hydrogens is 419 g/mol. The zero-order chi connectivity index (χ0) is 23.1. The van der Waals surface area contributed by atoms with E-state index in [2.05, 4.69) is 22.0 Å². The van der Waals surface area contributed by atoms with E-state index in [4.69, 9.17) is 15.5 Å². The second-order valence-electron chi connectivity index (χ2n) is 8.60. The van der Waals surface area contributed by atoms with Crippen molar-refractivity contribution in [3.05, 3.63) is 70.8 Å². The number of methoxy groups -OCH3 is 1. The molecule has 170 valence electrons. The smallest absolute Gasteiger partial charge is 0.234 e. The van der Waals surface area contributed by atoms with Gasteiger partial charge in [0.15, 0.2) is 11.6 Å². The number of benzene rings is 2. The van der Waals surface area contributed by atoms with Crippen molar-refractivity contribution in [1.29, 1.82) is 0 Å². The number of carbonyl (C=O) groups is 1. The number of rotatable bonds is 6. The number of halogens is 1. The third kappa shape index (κ3) is 3.72. The number of aromatic nitrogens is 2. The Hall–Kier alpha value is -3.45. The first-order valence-corrected chi connectivity index (χ1v) is 11.3. The van der Waals surface area contributed by atoms with Crippen LogP contribution in [0, 0.1) is 5.82 Å². The van der Waals surface area contributed by atoms with Gasteiger partial charge in [-0.15, -0.1) is 0 Å². The maximum atomic E-state index is 14.4. The van der Waals surface area contributed by atoms with E-state index < -0.39 is 0 Å². The first-order valence-electron chi connectivity index (χ1n) is 11.3. The Morgan fingerprint density at radius 1 is 1.30 bits per heavy atom. The maximum Gasteiger partial charge on any atom is 0.234 e. The zero-order valence-corrected chi connectivity index (χ0v) is 18.8. The standard InChI is InChI=1S/C26H27FN4O2/c1-3-22(26(28)32)31-11-10-17-21(14-31)29-20(13-15-8-9-23(33-2)18(27)12-15)25-24(17)16-6-4-5-7-19(16)30-25/h4-9,12,22,30H,3,10-11,13-14H2,1-2H3,(H2,28,32). The third-order valence-corrected chi connectivity index (χ3v) is 6.66. The van der Waals surface area contributed by atoms with Crippen LogP contribution in [0.2, 0.25) is 0 Å². The van der Waals surface area contributed by atoms with Gasteiger partial charge in [0, 0.05) is 35.8 Å². The molecule has 3 heterocycles. The first-order chi connectivity index (χ1) is 16.0. The van der Waals surface area contributed by atoms with Crippen molar-refractivity contribution in [1.82, 2.24) is 14.9 Å². The quantitative estimate of drug-likeness (QED) is 0.468. The lowest BCUT2D eigenvalue weighted by atomic mass is 9.95. The fraction of sp³-hybridized carbons (Fsp3) is 0.308. The molecule has 6 nitrogen and oxygen atoms in total. The van der Waals surface area contributed by atoms with Crippen molar-refractivity contribution in [3.8, 4) is 5.75 Å².